The van der Waals surface area contributed by atoms with E-state index < -0.39 is 5.97 Å². The first kappa shape index (κ1) is 14.6. The average molecular weight is 292 g/mol. The van der Waals surface area contributed by atoms with E-state index in [2.05, 4.69) is 11.1 Å². The van der Waals surface area contributed by atoms with Crippen LogP contribution >= 0.6 is 11.8 Å². The van der Waals surface area contributed by atoms with E-state index in [0.29, 0.717) is 10.8 Å². The van der Waals surface area contributed by atoms with E-state index in [1.165, 1.54) is 24.0 Å². The second-order valence-corrected chi connectivity index (χ2v) is 5.52. The van der Waals surface area contributed by atoms with Crippen molar-refractivity contribution in [1.29, 1.82) is 0 Å². The minimum atomic E-state index is -1.00. The van der Waals surface area contributed by atoms with E-state index in [9.17, 15) is 9.59 Å². The van der Waals surface area contributed by atoms with Crippen molar-refractivity contribution in [3.8, 4) is 0 Å². The minimum absolute atomic E-state index is 0.0345. The fourth-order valence-electron chi connectivity index (χ4n) is 1.94. The Bertz CT molecular complexity index is 540. The zero-order valence-electron chi connectivity index (χ0n) is 11.2. The van der Waals surface area contributed by atoms with Gasteiger partial charge in [0.15, 0.2) is 0 Å². The van der Waals surface area contributed by atoms with Gasteiger partial charge in [-0.2, -0.15) is 0 Å². The number of pyridine rings is 1. The molecule has 1 amide bonds. The van der Waals surface area contributed by atoms with Gasteiger partial charge in [-0.15, -0.1) is 0 Å². The number of rotatable bonds is 5. The summed E-state index contributed by atoms with van der Waals surface area (Å²) in [6.07, 6.45) is 6.51. The number of thioether (sulfide) groups is 1. The highest BCUT2D eigenvalue weighted by molar-refractivity contribution is 7.99. The Labute approximate surface area is 121 Å². The summed E-state index contributed by atoms with van der Waals surface area (Å²) in [6, 6.07) is 3.11. The fourth-order valence-corrected chi connectivity index (χ4v) is 2.70. The molecule has 5 nitrogen and oxygen atoms in total. The Hall–Kier alpha value is -1.82. The van der Waals surface area contributed by atoms with Crippen molar-refractivity contribution >= 4 is 23.6 Å². The summed E-state index contributed by atoms with van der Waals surface area (Å²) in [5.41, 5.74) is 1.23. The number of hydrogen-bond donors (Lipinski definition) is 1. The molecule has 1 N–H and O–H groups in total. The first-order valence-corrected chi connectivity index (χ1v) is 7.34. The van der Waals surface area contributed by atoms with Gasteiger partial charge in [0.25, 0.3) is 0 Å². The summed E-state index contributed by atoms with van der Waals surface area (Å²) < 4.78 is 0. The zero-order valence-corrected chi connectivity index (χ0v) is 12.0. The molecule has 1 aromatic rings. The predicted octanol–water partition coefficient (Wildman–Crippen LogP) is 2.40. The van der Waals surface area contributed by atoms with E-state index in [0.717, 1.165) is 25.0 Å². The Balaban J connectivity index is 1.88. The van der Waals surface area contributed by atoms with Gasteiger partial charge < -0.3 is 10.0 Å². The molecule has 0 aromatic carbocycles. The number of nitrogens with zero attached hydrogens (tertiary/aromatic N) is 2. The number of hydrogen-bond acceptors (Lipinski definition) is 4. The lowest BCUT2D eigenvalue weighted by molar-refractivity contribution is -0.125. The second kappa shape index (κ2) is 6.56. The highest BCUT2D eigenvalue weighted by Gasteiger charge is 2.16. The number of carboxylic acid groups (broad SMARTS) is 1. The Morgan fingerprint density at radius 2 is 2.25 bits per heavy atom. The van der Waals surface area contributed by atoms with Crippen LogP contribution in [0.15, 0.2) is 35.1 Å². The van der Waals surface area contributed by atoms with E-state index in [1.807, 2.05) is 0 Å². The van der Waals surface area contributed by atoms with Crippen molar-refractivity contribution in [2.45, 2.75) is 24.3 Å². The van der Waals surface area contributed by atoms with E-state index in [1.54, 1.807) is 18.0 Å². The van der Waals surface area contributed by atoms with Crippen LogP contribution < -0.4 is 0 Å². The summed E-state index contributed by atoms with van der Waals surface area (Å²) in [5, 5.41) is 9.42. The third-order valence-electron chi connectivity index (χ3n) is 3.15. The van der Waals surface area contributed by atoms with Gasteiger partial charge in [-0.25, -0.2) is 9.78 Å². The molecule has 106 valence electrons. The number of aromatic nitrogens is 1. The fraction of sp³-hybridized carbons (Fsp3) is 0.357. The highest BCUT2D eigenvalue weighted by atomic mass is 32.2. The van der Waals surface area contributed by atoms with Crippen LogP contribution in [-0.4, -0.2) is 39.7 Å². The zero-order chi connectivity index (χ0) is 14.5. The molecule has 0 atom stereocenters. The summed E-state index contributed by atoms with van der Waals surface area (Å²) in [5.74, 6) is -0.668. The van der Waals surface area contributed by atoms with Gasteiger partial charge in [0, 0.05) is 18.9 Å². The van der Waals surface area contributed by atoms with E-state index in [4.69, 9.17) is 5.11 Å². The van der Waals surface area contributed by atoms with E-state index >= 15 is 0 Å². The van der Waals surface area contributed by atoms with Crippen molar-refractivity contribution in [2.24, 2.45) is 0 Å². The van der Waals surface area contributed by atoms with Gasteiger partial charge in [-0.05, 0) is 31.4 Å². The summed E-state index contributed by atoms with van der Waals surface area (Å²) >= 11 is 1.31. The lowest BCUT2D eigenvalue weighted by Gasteiger charge is -2.18. The minimum Gasteiger partial charge on any atom is -0.478 e. The van der Waals surface area contributed by atoms with Crippen molar-refractivity contribution in [2.75, 3.05) is 12.8 Å². The van der Waals surface area contributed by atoms with Gasteiger partial charge >= 0.3 is 5.97 Å². The maximum absolute atomic E-state index is 12.0. The Kier molecular flexibility index (Phi) is 4.79. The highest BCUT2D eigenvalue weighted by Crippen LogP contribution is 2.22. The number of carbonyl (C=O) groups is 2. The molecule has 0 fully saturated rings. The molecule has 0 saturated carbocycles. The summed E-state index contributed by atoms with van der Waals surface area (Å²) in [6.45, 7) is 0. The maximum Gasteiger partial charge on any atom is 0.337 e. The van der Waals surface area contributed by atoms with Crippen LogP contribution in [0.25, 0.3) is 0 Å². The number of carboxylic acids is 1. The normalized spacial score (nSPS) is 13.9. The smallest absolute Gasteiger partial charge is 0.337 e. The molecule has 20 heavy (non-hydrogen) atoms. The molecule has 0 bridgehead atoms. The molecule has 0 spiro atoms. The van der Waals surface area contributed by atoms with Crippen LogP contribution in [0.5, 0.6) is 0 Å². The number of allylic oxidation sites excluding steroid dienone is 2. The monoisotopic (exact) mass is 292 g/mol. The van der Waals surface area contributed by atoms with Gasteiger partial charge in [0.05, 0.1) is 16.3 Å². The largest absolute Gasteiger partial charge is 0.478 e. The first-order valence-electron chi connectivity index (χ1n) is 6.35. The number of amides is 1. The SMILES string of the molecule is CN(C(=O)CSc1ccc(C(=O)O)cn1)C1=CCCC1. The molecule has 0 radical (unpaired) electrons. The molecule has 0 unspecified atom stereocenters. The van der Waals surface area contributed by atoms with Gasteiger partial charge in [0.2, 0.25) is 5.91 Å². The quantitative estimate of drug-likeness (QED) is 0.844. The van der Waals surface area contributed by atoms with Crippen LogP contribution in [0, 0.1) is 0 Å². The average Bonchev–Trinajstić information content (AvgIpc) is 2.98. The predicted molar refractivity (Wildman–Crippen MR) is 76.6 cm³/mol. The molecule has 6 heteroatoms. The Morgan fingerprint density at radius 3 is 2.80 bits per heavy atom. The molecule has 0 aliphatic heterocycles. The molecular formula is C14H16N2O3S. The van der Waals surface area contributed by atoms with E-state index in [-0.39, 0.29) is 11.5 Å². The number of carbonyl (C=O) groups excluding carboxylic acids is 1. The molecular weight excluding hydrogens is 276 g/mol. The summed E-state index contributed by atoms with van der Waals surface area (Å²) in [4.78, 5) is 28.4. The topological polar surface area (TPSA) is 70.5 Å². The summed E-state index contributed by atoms with van der Waals surface area (Å²) in [7, 11) is 1.79. The maximum atomic E-state index is 12.0. The lowest BCUT2D eigenvalue weighted by atomic mass is 10.3. The molecule has 1 aliphatic rings. The molecule has 0 saturated heterocycles. The van der Waals surface area contributed by atoms with Crippen LogP contribution in [0.4, 0.5) is 0 Å². The second-order valence-electron chi connectivity index (χ2n) is 4.52. The van der Waals surface area contributed by atoms with Crippen LogP contribution in [0.2, 0.25) is 0 Å². The molecule has 2 rings (SSSR count). The Morgan fingerprint density at radius 1 is 1.45 bits per heavy atom. The third kappa shape index (κ3) is 3.60. The van der Waals surface area contributed by atoms with Crippen molar-refractivity contribution in [3.05, 3.63) is 35.7 Å². The van der Waals surface area contributed by atoms with Crippen molar-refractivity contribution in [1.82, 2.24) is 9.88 Å². The molecule has 1 aromatic heterocycles. The third-order valence-corrected chi connectivity index (χ3v) is 4.08. The first-order chi connectivity index (χ1) is 9.58. The van der Waals surface area contributed by atoms with Crippen LogP contribution in [-0.2, 0) is 4.79 Å². The molecule has 1 aliphatic carbocycles. The van der Waals surface area contributed by atoms with Gasteiger partial charge in [0.1, 0.15) is 0 Å². The lowest BCUT2D eigenvalue weighted by Crippen LogP contribution is -2.27. The number of aromatic carboxylic acids is 1. The van der Waals surface area contributed by atoms with Gasteiger partial charge in [-0.1, -0.05) is 17.8 Å². The van der Waals surface area contributed by atoms with Crippen LogP contribution in [0.3, 0.4) is 0 Å². The van der Waals surface area contributed by atoms with Gasteiger partial charge in [-0.3, -0.25) is 4.79 Å². The van der Waals surface area contributed by atoms with Crippen LogP contribution in [0.1, 0.15) is 29.6 Å². The molecule has 1 heterocycles. The van der Waals surface area contributed by atoms with Crippen molar-refractivity contribution in [3.63, 3.8) is 0 Å². The standard InChI is InChI=1S/C14H16N2O3S/c1-16(11-4-2-3-5-11)13(17)9-20-12-7-6-10(8-15-12)14(18)19/h4,6-8H,2-3,5,9H2,1H3,(H,18,19). The van der Waals surface area contributed by atoms with Crippen molar-refractivity contribution < 1.29 is 14.7 Å².